The van der Waals surface area contributed by atoms with Gasteiger partial charge in [-0.2, -0.15) is 0 Å². The van der Waals surface area contributed by atoms with Crippen molar-refractivity contribution in [1.82, 2.24) is 10.4 Å². The minimum atomic E-state index is 0.513. The van der Waals surface area contributed by atoms with Crippen molar-refractivity contribution in [1.29, 1.82) is 0 Å². The Morgan fingerprint density at radius 3 is 2.67 bits per heavy atom. The molecule has 0 aromatic carbocycles. The molecular weight excluding hydrogens is 370 g/mol. The Morgan fingerprint density at radius 1 is 1.10 bits per heavy atom. The van der Waals surface area contributed by atoms with E-state index in [0.717, 1.165) is 42.1 Å². The molecule has 4 aliphatic rings. The fourth-order valence-corrected chi connectivity index (χ4v) is 9.13. The average molecular weight is 414 g/mol. The number of rotatable bonds is 5. The average Bonchev–Trinajstić information content (AvgIpc) is 3.38. The molecule has 4 saturated carbocycles. The summed E-state index contributed by atoms with van der Waals surface area (Å²) in [7, 11) is 0. The van der Waals surface area contributed by atoms with Crippen molar-refractivity contribution in [2.75, 3.05) is 6.61 Å². The Bertz CT molecular complexity index is 720. The maximum Gasteiger partial charge on any atom is 0.190 e. The molecule has 1 heterocycles. The summed E-state index contributed by atoms with van der Waals surface area (Å²) >= 11 is 0. The third kappa shape index (κ3) is 3.24. The standard InChI is InChI=1S/C26H43N3O/c1-17(16-30-24-5-4-14-28-24)21-8-9-22-20-7-6-18-15-19(29-27)10-12-25(18,2)23(20)11-13-26(21,22)3/h4-5,14,17-23,28-29H,6-13,15-16,27H2,1-3H3. The van der Waals surface area contributed by atoms with Crippen molar-refractivity contribution in [2.45, 2.75) is 84.6 Å². The van der Waals surface area contributed by atoms with Crippen LogP contribution in [0.2, 0.25) is 0 Å². The van der Waals surface area contributed by atoms with Crippen molar-refractivity contribution in [3.63, 3.8) is 0 Å². The molecule has 9 atom stereocenters. The maximum atomic E-state index is 6.09. The van der Waals surface area contributed by atoms with E-state index >= 15 is 0 Å². The van der Waals surface area contributed by atoms with Gasteiger partial charge in [0, 0.05) is 12.2 Å². The largest absolute Gasteiger partial charge is 0.479 e. The minimum absolute atomic E-state index is 0.513. The van der Waals surface area contributed by atoms with Gasteiger partial charge in [-0.1, -0.05) is 20.8 Å². The molecule has 0 amide bonds. The van der Waals surface area contributed by atoms with Crippen LogP contribution in [-0.4, -0.2) is 17.6 Å². The predicted molar refractivity (Wildman–Crippen MR) is 122 cm³/mol. The first-order chi connectivity index (χ1) is 14.5. The van der Waals surface area contributed by atoms with Crippen LogP contribution in [0.15, 0.2) is 18.3 Å². The molecule has 4 fully saturated rings. The van der Waals surface area contributed by atoms with Crippen molar-refractivity contribution < 1.29 is 4.74 Å². The summed E-state index contributed by atoms with van der Waals surface area (Å²) in [6, 6.07) is 4.60. The third-order valence-corrected chi connectivity index (χ3v) is 10.7. The van der Waals surface area contributed by atoms with Crippen LogP contribution in [-0.2, 0) is 0 Å². The van der Waals surface area contributed by atoms with E-state index in [0.29, 0.717) is 22.8 Å². The smallest absolute Gasteiger partial charge is 0.190 e. The minimum Gasteiger partial charge on any atom is -0.479 e. The summed E-state index contributed by atoms with van der Waals surface area (Å²) in [5.41, 5.74) is 4.16. The molecule has 30 heavy (non-hydrogen) atoms. The highest BCUT2D eigenvalue weighted by atomic mass is 16.5. The number of fused-ring (bicyclic) bond motifs is 5. The molecule has 4 nitrogen and oxygen atoms in total. The zero-order chi connectivity index (χ0) is 20.9. The highest BCUT2D eigenvalue weighted by molar-refractivity contribution is 5.11. The molecule has 5 rings (SSSR count). The molecular formula is C26H43N3O. The number of nitrogens with one attached hydrogen (secondary N) is 2. The maximum absolute atomic E-state index is 6.09. The van der Waals surface area contributed by atoms with Gasteiger partial charge < -0.3 is 9.72 Å². The fraction of sp³-hybridized carbons (Fsp3) is 0.846. The van der Waals surface area contributed by atoms with Gasteiger partial charge in [-0.25, -0.2) is 0 Å². The molecule has 0 saturated heterocycles. The first-order valence-corrected chi connectivity index (χ1v) is 12.7. The monoisotopic (exact) mass is 413 g/mol. The van der Waals surface area contributed by atoms with Crippen LogP contribution in [0.5, 0.6) is 5.88 Å². The van der Waals surface area contributed by atoms with Gasteiger partial charge in [-0.05, 0) is 116 Å². The summed E-state index contributed by atoms with van der Waals surface area (Å²) in [6.07, 6.45) is 14.5. The van der Waals surface area contributed by atoms with Crippen molar-refractivity contribution in [2.24, 2.45) is 52.2 Å². The topological polar surface area (TPSA) is 63.1 Å². The quantitative estimate of drug-likeness (QED) is 0.440. The van der Waals surface area contributed by atoms with E-state index in [9.17, 15) is 0 Å². The molecule has 0 radical (unpaired) electrons. The van der Waals surface area contributed by atoms with Crippen LogP contribution in [0.25, 0.3) is 0 Å². The van der Waals surface area contributed by atoms with Gasteiger partial charge in [0.25, 0.3) is 0 Å². The zero-order valence-electron chi connectivity index (χ0n) is 19.3. The Labute approximate surface area is 183 Å². The first-order valence-electron chi connectivity index (χ1n) is 12.7. The Balaban J connectivity index is 1.29. The molecule has 0 spiro atoms. The van der Waals surface area contributed by atoms with Gasteiger partial charge in [0.2, 0.25) is 0 Å². The molecule has 4 N–H and O–H groups in total. The Hall–Kier alpha value is -1.00. The van der Waals surface area contributed by atoms with Crippen LogP contribution in [0, 0.1) is 46.3 Å². The second-order valence-corrected chi connectivity index (χ2v) is 11.8. The first kappa shape index (κ1) is 20.9. The number of aromatic nitrogens is 1. The van der Waals surface area contributed by atoms with E-state index < -0.39 is 0 Å². The fourth-order valence-electron chi connectivity index (χ4n) is 9.13. The summed E-state index contributed by atoms with van der Waals surface area (Å²) < 4.78 is 6.09. The van der Waals surface area contributed by atoms with E-state index in [1.807, 2.05) is 18.3 Å². The molecule has 4 aliphatic carbocycles. The molecule has 4 heteroatoms. The second-order valence-electron chi connectivity index (χ2n) is 11.8. The van der Waals surface area contributed by atoms with Crippen LogP contribution in [0.1, 0.15) is 78.6 Å². The second kappa shape index (κ2) is 7.85. The van der Waals surface area contributed by atoms with Gasteiger partial charge >= 0.3 is 0 Å². The normalized spacial score (nSPS) is 46.5. The van der Waals surface area contributed by atoms with Gasteiger partial charge in [0.15, 0.2) is 5.88 Å². The number of nitrogens with two attached hydrogens (primary N) is 1. The summed E-state index contributed by atoms with van der Waals surface area (Å²) in [5, 5.41) is 0. The van der Waals surface area contributed by atoms with Crippen molar-refractivity contribution >= 4 is 0 Å². The summed E-state index contributed by atoms with van der Waals surface area (Å²) in [4.78, 5) is 3.19. The van der Waals surface area contributed by atoms with E-state index in [1.54, 1.807) is 0 Å². The zero-order valence-corrected chi connectivity index (χ0v) is 19.3. The Morgan fingerprint density at radius 2 is 1.90 bits per heavy atom. The van der Waals surface area contributed by atoms with Gasteiger partial charge in [-0.15, -0.1) is 0 Å². The highest BCUT2D eigenvalue weighted by Gasteiger charge is 2.60. The third-order valence-electron chi connectivity index (χ3n) is 10.7. The lowest BCUT2D eigenvalue weighted by Crippen LogP contribution is -2.55. The molecule has 1 aromatic heterocycles. The molecule has 0 bridgehead atoms. The SMILES string of the molecule is CC(COc1ccc[nH]1)C1CCC2C3CCC4CC(NN)CCC4(C)C3CCC12C. The Kier molecular flexibility index (Phi) is 5.46. The van der Waals surface area contributed by atoms with Gasteiger partial charge in [0.1, 0.15) is 0 Å². The number of H-pyrrole nitrogens is 1. The van der Waals surface area contributed by atoms with Crippen LogP contribution in [0.4, 0.5) is 0 Å². The van der Waals surface area contributed by atoms with E-state index in [4.69, 9.17) is 10.6 Å². The summed E-state index contributed by atoms with van der Waals surface area (Å²) in [5.74, 6) is 11.9. The lowest BCUT2D eigenvalue weighted by atomic mass is 9.44. The number of ether oxygens (including phenoxy) is 1. The van der Waals surface area contributed by atoms with Gasteiger partial charge in [0.05, 0.1) is 6.61 Å². The number of hydrogen-bond acceptors (Lipinski definition) is 3. The van der Waals surface area contributed by atoms with E-state index in [-0.39, 0.29) is 0 Å². The highest BCUT2D eigenvalue weighted by Crippen LogP contribution is 2.68. The molecule has 9 unspecified atom stereocenters. The van der Waals surface area contributed by atoms with E-state index in [2.05, 4.69) is 31.2 Å². The molecule has 168 valence electrons. The van der Waals surface area contributed by atoms with Crippen LogP contribution in [0.3, 0.4) is 0 Å². The van der Waals surface area contributed by atoms with E-state index in [1.165, 1.54) is 57.8 Å². The van der Waals surface area contributed by atoms with Crippen LogP contribution >= 0.6 is 0 Å². The van der Waals surface area contributed by atoms with Crippen LogP contribution < -0.4 is 16.0 Å². The van der Waals surface area contributed by atoms with Gasteiger partial charge in [-0.3, -0.25) is 11.3 Å². The molecule has 1 aromatic rings. The number of hydrogen-bond donors (Lipinski definition) is 3. The predicted octanol–water partition coefficient (Wildman–Crippen LogP) is 5.52. The lowest BCUT2D eigenvalue weighted by molar-refractivity contribution is -0.118. The van der Waals surface area contributed by atoms with Crippen molar-refractivity contribution in [3.05, 3.63) is 18.3 Å². The summed E-state index contributed by atoms with van der Waals surface area (Å²) in [6.45, 7) is 8.59. The lowest BCUT2D eigenvalue weighted by Gasteiger charge is -2.61. The molecule has 0 aliphatic heterocycles. The van der Waals surface area contributed by atoms with Crippen molar-refractivity contribution in [3.8, 4) is 5.88 Å². The number of aromatic amines is 1. The number of hydrazine groups is 1.